The van der Waals surface area contributed by atoms with Crippen LogP contribution in [0, 0.1) is 0 Å². The van der Waals surface area contributed by atoms with Crippen molar-refractivity contribution < 1.29 is 24.0 Å². The molecule has 322 valence electrons. The molecule has 2 aromatic carbocycles. The summed E-state index contributed by atoms with van der Waals surface area (Å²) >= 11 is 0. The van der Waals surface area contributed by atoms with Gasteiger partial charge in [-0.2, -0.15) is 4.98 Å². The van der Waals surface area contributed by atoms with Crippen LogP contribution in [-0.4, -0.2) is 80.7 Å². The predicted octanol–water partition coefficient (Wildman–Crippen LogP) is 5.44. The lowest BCUT2D eigenvalue weighted by atomic mass is 9.87. The number of nitrogens with zero attached hydrogens (tertiary/aromatic N) is 8. The van der Waals surface area contributed by atoms with Crippen LogP contribution in [0.25, 0.3) is 27.8 Å². The standard InChI is InChI=1S/C47H48N10O6/c1-3-20-56-45(61)35-23-48-46(52-42(35)57(56)37-15-6-26-17-19-47(62,4-2)41(26)50-37)49-29-7-13-32-27(22-29)18-21-55(44(32)60)31-10-8-30(9-11-31)54-24-28-5-12-33-39(53-63-40(33)36(28)25-54)34-14-16-38(58)51-43(34)59/h3,5-7,12-13,15,22-23,30-31,34,62H,1,4,8-11,14,16-21,24-25H2,2H3,(H,48,49,52)(H,51,58,59)/t30?,31?,34?,47-/m1/s1. The van der Waals surface area contributed by atoms with Gasteiger partial charge >= 0.3 is 0 Å². The van der Waals surface area contributed by atoms with E-state index in [1.54, 1.807) is 10.8 Å². The Hall–Kier alpha value is -6.52. The number of hydrogen-bond acceptors (Lipinski definition) is 12. The van der Waals surface area contributed by atoms with Gasteiger partial charge in [0.25, 0.3) is 11.5 Å². The number of anilines is 2. The number of pyridine rings is 1. The van der Waals surface area contributed by atoms with Crippen LogP contribution < -0.4 is 16.2 Å². The Balaban J connectivity index is 0.763. The van der Waals surface area contributed by atoms with Gasteiger partial charge in [-0.15, -0.1) is 6.58 Å². The number of fused-ring (bicyclic) bond motifs is 6. The summed E-state index contributed by atoms with van der Waals surface area (Å²) in [5.74, 6) is -0.238. The summed E-state index contributed by atoms with van der Waals surface area (Å²) in [5.41, 5.74) is 6.79. The lowest BCUT2D eigenvalue weighted by Gasteiger charge is -2.41. The first-order valence-electron chi connectivity index (χ1n) is 22.1. The summed E-state index contributed by atoms with van der Waals surface area (Å²) in [4.78, 5) is 70.8. The fourth-order valence-electron chi connectivity index (χ4n) is 10.8. The molecule has 3 N–H and O–H groups in total. The van der Waals surface area contributed by atoms with Crippen LogP contribution in [0.4, 0.5) is 11.6 Å². The first-order valence-corrected chi connectivity index (χ1v) is 22.1. The second-order valence-electron chi connectivity index (χ2n) is 17.7. The zero-order valence-electron chi connectivity index (χ0n) is 35.1. The molecule has 63 heavy (non-hydrogen) atoms. The molecule has 0 spiro atoms. The third kappa shape index (κ3) is 6.48. The van der Waals surface area contributed by atoms with Gasteiger partial charge in [-0.1, -0.05) is 30.3 Å². The van der Waals surface area contributed by atoms with E-state index in [2.05, 4.69) is 43.2 Å². The summed E-state index contributed by atoms with van der Waals surface area (Å²) in [6, 6.07) is 14.2. The third-order valence-electron chi connectivity index (χ3n) is 14.3. The fraction of sp³-hybridized carbons (Fsp3) is 0.404. The summed E-state index contributed by atoms with van der Waals surface area (Å²) in [6.45, 7) is 8.24. The molecule has 2 aliphatic carbocycles. The molecular weight excluding hydrogens is 801 g/mol. The first-order chi connectivity index (χ1) is 30.6. The van der Waals surface area contributed by atoms with Crippen molar-refractivity contribution in [3.63, 3.8) is 0 Å². The normalized spacial score (nSPS) is 23.6. The van der Waals surface area contributed by atoms with Crippen molar-refractivity contribution in [1.29, 1.82) is 0 Å². The van der Waals surface area contributed by atoms with E-state index >= 15 is 0 Å². The number of nitrogens with one attached hydrogen (secondary N) is 2. The zero-order chi connectivity index (χ0) is 43.1. The van der Waals surface area contributed by atoms with Crippen molar-refractivity contribution in [2.75, 3.05) is 11.9 Å². The fourth-order valence-corrected chi connectivity index (χ4v) is 10.8. The lowest BCUT2D eigenvalue weighted by molar-refractivity contribution is -0.134. The number of benzene rings is 2. The third-order valence-corrected chi connectivity index (χ3v) is 14.3. The molecule has 2 atom stereocenters. The van der Waals surface area contributed by atoms with E-state index in [4.69, 9.17) is 14.5 Å². The molecule has 1 saturated heterocycles. The van der Waals surface area contributed by atoms with Crippen LogP contribution in [-0.2, 0) is 47.7 Å². The number of carbonyl (C=O) groups excluding carboxylic acids is 3. The number of allylic oxidation sites excluding steroid dienone is 1. The van der Waals surface area contributed by atoms with Crippen molar-refractivity contribution in [1.82, 2.24) is 44.6 Å². The van der Waals surface area contributed by atoms with E-state index < -0.39 is 11.5 Å². The van der Waals surface area contributed by atoms with Gasteiger partial charge in [-0.25, -0.2) is 19.3 Å². The number of imide groups is 1. The zero-order valence-corrected chi connectivity index (χ0v) is 35.1. The van der Waals surface area contributed by atoms with Gasteiger partial charge in [-0.3, -0.25) is 29.4 Å². The number of carbonyl (C=O) groups is 3. The number of piperidine rings is 1. The summed E-state index contributed by atoms with van der Waals surface area (Å²) in [7, 11) is 0. The molecule has 1 saturated carbocycles. The Bertz CT molecular complexity index is 2960. The molecule has 6 aromatic rings. The van der Waals surface area contributed by atoms with E-state index in [1.165, 1.54) is 16.4 Å². The van der Waals surface area contributed by atoms with Crippen LogP contribution in [0.2, 0.25) is 0 Å². The van der Waals surface area contributed by atoms with E-state index in [9.17, 15) is 24.3 Å². The maximum absolute atomic E-state index is 14.0. The van der Waals surface area contributed by atoms with E-state index in [0.29, 0.717) is 71.6 Å². The van der Waals surface area contributed by atoms with Gasteiger partial charge in [0.2, 0.25) is 17.8 Å². The van der Waals surface area contributed by atoms with Gasteiger partial charge in [0, 0.05) is 66.5 Å². The van der Waals surface area contributed by atoms with Gasteiger partial charge in [0.05, 0.1) is 18.2 Å². The molecule has 3 aliphatic heterocycles. The van der Waals surface area contributed by atoms with Crippen LogP contribution in [0.5, 0.6) is 0 Å². The Kier molecular flexibility index (Phi) is 9.42. The minimum absolute atomic E-state index is 0.0569. The van der Waals surface area contributed by atoms with Crippen molar-refractivity contribution in [2.45, 2.75) is 114 Å². The molecule has 16 nitrogen and oxygen atoms in total. The first kappa shape index (κ1) is 39.3. The van der Waals surface area contributed by atoms with Crippen molar-refractivity contribution in [3.8, 4) is 5.82 Å². The topological polar surface area (TPSA) is 194 Å². The number of hydrogen-bond donors (Lipinski definition) is 3. The van der Waals surface area contributed by atoms with Gasteiger partial charge in [-0.05, 0) is 105 Å². The van der Waals surface area contributed by atoms with Gasteiger partial charge in [0.15, 0.2) is 17.0 Å². The Labute approximate surface area is 362 Å². The Morgan fingerprint density at radius 1 is 0.937 bits per heavy atom. The van der Waals surface area contributed by atoms with Crippen LogP contribution >= 0.6 is 0 Å². The average molecular weight is 849 g/mol. The van der Waals surface area contributed by atoms with E-state index in [0.717, 1.165) is 85.0 Å². The molecule has 1 unspecified atom stereocenters. The minimum Gasteiger partial charge on any atom is -0.384 e. The minimum atomic E-state index is -1.02. The number of aliphatic hydroxyl groups is 1. The highest BCUT2D eigenvalue weighted by molar-refractivity contribution is 6.02. The molecule has 0 radical (unpaired) electrons. The molecule has 2 fully saturated rings. The molecular formula is C47H48N10O6. The molecule has 11 rings (SSSR count). The molecule has 0 bridgehead atoms. The Morgan fingerprint density at radius 2 is 1.76 bits per heavy atom. The number of rotatable bonds is 9. The summed E-state index contributed by atoms with van der Waals surface area (Å²) in [5, 5.41) is 22.6. The smallest absolute Gasteiger partial charge is 0.278 e. The number of aromatic nitrogens is 6. The SMILES string of the molecule is C=CCn1c(=O)c2cnc(Nc3ccc4c(c3)CCN(C3CCC(N5Cc6ccc7c(C8CCC(=O)NC8=O)noc7c6C5)CC3)C4=O)nc2n1-c1ccc2c(n1)[C@@](O)(CC)CC2. The van der Waals surface area contributed by atoms with Crippen molar-refractivity contribution in [3.05, 3.63) is 111 Å². The van der Waals surface area contributed by atoms with Crippen molar-refractivity contribution >= 4 is 51.4 Å². The summed E-state index contributed by atoms with van der Waals surface area (Å²) < 4.78 is 9.08. The molecule has 5 aliphatic rings. The van der Waals surface area contributed by atoms with E-state index in [-0.39, 0.29) is 42.3 Å². The highest BCUT2D eigenvalue weighted by Crippen LogP contribution is 2.41. The lowest BCUT2D eigenvalue weighted by Crippen LogP contribution is -2.48. The van der Waals surface area contributed by atoms with Crippen molar-refractivity contribution in [2.24, 2.45) is 0 Å². The number of aryl methyl sites for hydroxylation is 1. The molecule has 3 amide bonds. The monoisotopic (exact) mass is 848 g/mol. The van der Waals surface area contributed by atoms with Crippen LogP contribution in [0.15, 0.2) is 70.6 Å². The van der Waals surface area contributed by atoms with Gasteiger partial charge in [0.1, 0.15) is 16.7 Å². The van der Waals surface area contributed by atoms with Crippen LogP contribution in [0.1, 0.15) is 108 Å². The average Bonchev–Trinajstić information content (AvgIpc) is 4.07. The molecule has 4 aromatic heterocycles. The summed E-state index contributed by atoms with van der Waals surface area (Å²) in [6.07, 6.45) is 10.3. The largest absolute Gasteiger partial charge is 0.384 e. The quantitative estimate of drug-likeness (QED) is 0.124. The molecule has 7 heterocycles. The number of amides is 3. The maximum Gasteiger partial charge on any atom is 0.278 e. The molecule has 16 heteroatoms. The van der Waals surface area contributed by atoms with E-state index in [1.807, 2.05) is 43.3 Å². The van der Waals surface area contributed by atoms with Crippen LogP contribution in [0.3, 0.4) is 0 Å². The highest BCUT2D eigenvalue weighted by atomic mass is 16.5. The second-order valence-corrected chi connectivity index (χ2v) is 17.7. The predicted molar refractivity (Wildman–Crippen MR) is 233 cm³/mol. The second kappa shape index (κ2) is 15.1. The maximum atomic E-state index is 14.0. The highest BCUT2D eigenvalue weighted by Gasteiger charge is 2.39. The Morgan fingerprint density at radius 3 is 2.57 bits per heavy atom. The van der Waals surface area contributed by atoms with Gasteiger partial charge < -0.3 is 19.8 Å².